The predicted octanol–water partition coefficient (Wildman–Crippen LogP) is 3.29. The molecule has 3 rings (SSSR count). The summed E-state index contributed by atoms with van der Waals surface area (Å²) in [7, 11) is -1.85. The first-order valence-electron chi connectivity index (χ1n) is 9.44. The molecular formula is C21H28O4Si. The van der Waals surface area contributed by atoms with Gasteiger partial charge in [0.2, 0.25) is 0 Å². The molecule has 3 unspecified atom stereocenters. The van der Waals surface area contributed by atoms with E-state index in [0.29, 0.717) is 18.6 Å². The van der Waals surface area contributed by atoms with Gasteiger partial charge in [-0.25, -0.2) is 0 Å². The maximum atomic E-state index is 12.7. The fourth-order valence-electron chi connectivity index (χ4n) is 4.82. The molecule has 0 spiro atoms. The summed E-state index contributed by atoms with van der Waals surface area (Å²) in [6.07, 6.45) is 4.79. The lowest BCUT2D eigenvalue weighted by Crippen LogP contribution is -2.48. The molecule has 2 aliphatic carbocycles. The highest BCUT2D eigenvalue weighted by atomic mass is 28.3. The van der Waals surface area contributed by atoms with Gasteiger partial charge in [0.1, 0.15) is 6.10 Å². The van der Waals surface area contributed by atoms with Crippen LogP contribution in [0, 0.1) is 17.8 Å². The summed E-state index contributed by atoms with van der Waals surface area (Å²) in [6.45, 7) is 8.37. The van der Waals surface area contributed by atoms with E-state index in [0.717, 1.165) is 0 Å². The summed E-state index contributed by atoms with van der Waals surface area (Å²) in [4.78, 5) is 24.2. The SMILES string of the molecule is CCOC(=O)C1CC(OC(C)=O)C2C=C[C@H]([Si](C)(C)c3ccccc3)[C@@H]12. The van der Waals surface area contributed by atoms with E-state index in [1.165, 1.54) is 12.1 Å². The zero-order chi connectivity index (χ0) is 18.9. The number of allylic oxidation sites excluding steroid dienone is 1. The summed E-state index contributed by atoms with van der Waals surface area (Å²) in [6, 6.07) is 10.6. The fourth-order valence-corrected chi connectivity index (χ4v) is 8.27. The molecule has 26 heavy (non-hydrogen) atoms. The number of fused-ring (bicyclic) bond motifs is 1. The van der Waals surface area contributed by atoms with Crippen LogP contribution in [0.4, 0.5) is 0 Å². The molecule has 0 heterocycles. The van der Waals surface area contributed by atoms with E-state index in [2.05, 4.69) is 49.5 Å². The van der Waals surface area contributed by atoms with Gasteiger partial charge in [0, 0.05) is 12.8 Å². The smallest absolute Gasteiger partial charge is 0.309 e. The second-order valence-corrected chi connectivity index (χ2v) is 12.6. The standard InChI is InChI=1S/C21H28O4Si/c1-5-24-21(23)17-13-18(25-14(2)22)16-11-12-19(20(16)17)26(3,4)15-9-7-6-8-10-15/h6-12,16-20H,5,13H2,1-4H3/t16?,17?,18?,19-,20+/m0/s1. The summed E-state index contributed by atoms with van der Waals surface area (Å²) in [5.74, 6) is -0.382. The first kappa shape index (κ1) is 18.9. The lowest BCUT2D eigenvalue weighted by atomic mass is 9.90. The van der Waals surface area contributed by atoms with Gasteiger partial charge in [-0.05, 0) is 24.8 Å². The van der Waals surface area contributed by atoms with Crippen LogP contribution in [-0.2, 0) is 19.1 Å². The van der Waals surface area contributed by atoms with Crippen molar-refractivity contribution in [2.75, 3.05) is 6.61 Å². The molecule has 1 fully saturated rings. The molecule has 0 bridgehead atoms. The van der Waals surface area contributed by atoms with E-state index in [1.54, 1.807) is 0 Å². The molecule has 140 valence electrons. The zero-order valence-electron chi connectivity index (χ0n) is 16.0. The Kier molecular flexibility index (Phi) is 5.37. The highest BCUT2D eigenvalue weighted by Gasteiger charge is 2.56. The molecule has 5 atom stereocenters. The summed E-state index contributed by atoms with van der Waals surface area (Å²) in [5.41, 5.74) is 0.324. The summed E-state index contributed by atoms with van der Waals surface area (Å²) >= 11 is 0. The molecule has 1 aromatic rings. The molecule has 5 heteroatoms. The van der Waals surface area contributed by atoms with Crippen LogP contribution in [0.2, 0.25) is 18.6 Å². The Balaban J connectivity index is 1.93. The van der Waals surface area contributed by atoms with Gasteiger partial charge in [0.15, 0.2) is 0 Å². The van der Waals surface area contributed by atoms with Gasteiger partial charge in [-0.2, -0.15) is 0 Å². The highest BCUT2D eigenvalue weighted by molar-refractivity contribution is 6.91. The average molecular weight is 373 g/mol. The lowest BCUT2D eigenvalue weighted by Gasteiger charge is -2.36. The topological polar surface area (TPSA) is 52.6 Å². The van der Waals surface area contributed by atoms with Crippen LogP contribution < -0.4 is 5.19 Å². The van der Waals surface area contributed by atoms with E-state index in [4.69, 9.17) is 9.47 Å². The predicted molar refractivity (Wildman–Crippen MR) is 104 cm³/mol. The van der Waals surface area contributed by atoms with Crippen LogP contribution in [0.25, 0.3) is 0 Å². The minimum absolute atomic E-state index is 0.105. The Bertz CT molecular complexity index is 697. The Morgan fingerprint density at radius 2 is 1.85 bits per heavy atom. The Morgan fingerprint density at radius 3 is 2.46 bits per heavy atom. The van der Waals surface area contributed by atoms with Crippen LogP contribution in [0.1, 0.15) is 20.3 Å². The summed E-state index contributed by atoms with van der Waals surface area (Å²) in [5, 5.41) is 1.38. The third kappa shape index (κ3) is 3.37. The van der Waals surface area contributed by atoms with Crippen LogP contribution in [0.3, 0.4) is 0 Å². The van der Waals surface area contributed by atoms with Gasteiger partial charge < -0.3 is 9.47 Å². The maximum Gasteiger partial charge on any atom is 0.309 e. The molecular weight excluding hydrogens is 344 g/mol. The number of benzene rings is 1. The van der Waals surface area contributed by atoms with E-state index in [1.807, 2.05) is 13.0 Å². The van der Waals surface area contributed by atoms with Crippen molar-refractivity contribution in [3.8, 4) is 0 Å². The van der Waals surface area contributed by atoms with E-state index >= 15 is 0 Å². The number of carbonyl (C=O) groups excluding carboxylic acids is 2. The van der Waals surface area contributed by atoms with Gasteiger partial charge in [-0.15, -0.1) is 0 Å². The van der Waals surface area contributed by atoms with Gasteiger partial charge in [0.25, 0.3) is 0 Å². The quantitative estimate of drug-likeness (QED) is 0.452. The molecule has 1 saturated carbocycles. The third-order valence-electron chi connectivity index (χ3n) is 6.04. The van der Waals surface area contributed by atoms with Crippen LogP contribution in [0.5, 0.6) is 0 Å². The second-order valence-electron chi connectivity index (χ2n) is 7.90. The normalized spacial score (nSPS) is 30.1. The maximum absolute atomic E-state index is 12.7. The number of rotatable bonds is 5. The average Bonchev–Trinajstić information content (AvgIpc) is 3.17. The van der Waals surface area contributed by atoms with Crippen molar-refractivity contribution in [2.24, 2.45) is 17.8 Å². The molecule has 0 N–H and O–H groups in total. The van der Waals surface area contributed by atoms with E-state index < -0.39 is 8.07 Å². The first-order valence-corrected chi connectivity index (χ1v) is 12.5. The first-order chi connectivity index (χ1) is 12.4. The van der Waals surface area contributed by atoms with Crippen molar-refractivity contribution in [3.05, 3.63) is 42.5 Å². The number of carbonyl (C=O) groups is 2. The number of ether oxygens (including phenoxy) is 2. The van der Waals surface area contributed by atoms with Crippen molar-refractivity contribution in [1.82, 2.24) is 0 Å². The molecule has 0 aliphatic heterocycles. The van der Waals surface area contributed by atoms with Gasteiger partial charge in [-0.3, -0.25) is 9.59 Å². The monoisotopic (exact) mass is 372 g/mol. The molecule has 1 aromatic carbocycles. The fraction of sp³-hybridized carbons (Fsp3) is 0.524. The van der Waals surface area contributed by atoms with Crippen molar-refractivity contribution in [2.45, 2.75) is 45.0 Å². The second kappa shape index (κ2) is 7.39. The molecule has 0 radical (unpaired) electrons. The van der Waals surface area contributed by atoms with Crippen molar-refractivity contribution in [1.29, 1.82) is 0 Å². The van der Waals surface area contributed by atoms with Crippen molar-refractivity contribution in [3.63, 3.8) is 0 Å². The Labute approximate surface area is 156 Å². The summed E-state index contributed by atoms with van der Waals surface area (Å²) < 4.78 is 10.9. The Hall–Kier alpha value is -1.88. The zero-order valence-corrected chi connectivity index (χ0v) is 17.0. The molecule has 0 amide bonds. The van der Waals surface area contributed by atoms with Crippen molar-refractivity contribution >= 4 is 25.2 Å². The Morgan fingerprint density at radius 1 is 1.15 bits per heavy atom. The number of hydrogen-bond donors (Lipinski definition) is 0. The third-order valence-corrected chi connectivity index (χ3v) is 10.1. The van der Waals surface area contributed by atoms with Crippen LogP contribution in [0.15, 0.2) is 42.5 Å². The van der Waals surface area contributed by atoms with Gasteiger partial charge >= 0.3 is 11.9 Å². The molecule has 4 nitrogen and oxygen atoms in total. The van der Waals surface area contributed by atoms with Gasteiger partial charge in [0.05, 0.1) is 20.6 Å². The van der Waals surface area contributed by atoms with Crippen LogP contribution >= 0.6 is 0 Å². The van der Waals surface area contributed by atoms with E-state index in [9.17, 15) is 9.59 Å². The number of esters is 2. The van der Waals surface area contributed by atoms with E-state index in [-0.39, 0.29) is 35.8 Å². The largest absolute Gasteiger partial charge is 0.466 e. The number of hydrogen-bond acceptors (Lipinski definition) is 4. The lowest BCUT2D eigenvalue weighted by molar-refractivity contribution is -0.151. The minimum atomic E-state index is -1.85. The molecule has 0 aromatic heterocycles. The highest BCUT2D eigenvalue weighted by Crippen LogP contribution is 2.54. The van der Waals surface area contributed by atoms with Crippen molar-refractivity contribution < 1.29 is 19.1 Å². The molecule has 2 aliphatic rings. The molecule has 0 saturated heterocycles. The van der Waals surface area contributed by atoms with Gasteiger partial charge in [-0.1, -0.05) is 60.8 Å². The van der Waals surface area contributed by atoms with Crippen LogP contribution in [-0.4, -0.2) is 32.7 Å². The minimum Gasteiger partial charge on any atom is -0.466 e.